The van der Waals surface area contributed by atoms with Crippen molar-refractivity contribution in [3.05, 3.63) is 9.76 Å². The van der Waals surface area contributed by atoms with E-state index in [0.717, 1.165) is 0 Å². The first kappa shape index (κ1) is 8.51. The third-order valence-electron chi connectivity index (χ3n) is 2.27. The summed E-state index contributed by atoms with van der Waals surface area (Å²) in [5.74, 6) is 0. The summed E-state index contributed by atoms with van der Waals surface area (Å²) < 4.78 is 2.47. The highest BCUT2D eigenvalue weighted by Crippen LogP contribution is 2.32. The van der Waals surface area contributed by atoms with E-state index >= 15 is 0 Å². The topological polar surface area (TPSA) is 30.7 Å². The molecule has 0 N–H and O–H groups in total. The van der Waals surface area contributed by atoms with Crippen LogP contribution < -0.4 is 0 Å². The highest BCUT2D eigenvalue weighted by Gasteiger charge is 2.21. The fourth-order valence-electron chi connectivity index (χ4n) is 1.64. The van der Waals surface area contributed by atoms with Crippen LogP contribution in [0.2, 0.25) is 5.15 Å². The van der Waals surface area contributed by atoms with Crippen molar-refractivity contribution in [1.82, 2.24) is 15.0 Å². The first-order valence-electron chi connectivity index (χ1n) is 4.05. The largest absolute Gasteiger partial charge is 0.230 e. The maximum absolute atomic E-state index is 5.98. The molecular formula is C7H9BrClN3. The summed E-state index contributed by atoms with van der Waals surface area (Å²) in [6, 6.07) is 0.469. The van der Waals surface area contributed by atoms with Crippen molar-refractivity contribution in [2.24, 2.45) is 0 Å². The lowest BCUT2D eigenvalue weighted by Crippen LogP contribution is -2.06. The summed E-state index contributed by atoms with van der Waals surface area (Å²) >= 11 is 9.22. The van der Waals surface area contributed by atoms with Crippen LogP contribution in [0.3, 0.4) is 0 Å². The highest BCUT2D eigenvalue weighted by molar-refractivity contribution is 9.10. The standard InChI is InChI=1S/C7H9BrClN3/c8-6-7(9)12(11-10-6)5-3-1-2-4-5/h5H,1-4H2. The van der Waals surface area contributed by atoms with Crippen LogP contribution in [0.25, 0.3) is 0 Å². The summed E-state index contributed by atoms with van der Waals surface area (Å²) in [5.41, 5.74) is 0. The van der Waals surface area contributed by atoms with Gasteiger partial charge in [-0.15, -0.1) is 5.10 Å². The van der Waals surface area contributed by atoms with Gasteiger partial charge in [-0.2, -0.15) is 0 Å². The Labute approximate surface area is 84.2 Å². The van der Waals surface area contributed by atoms with E-state index in [0.29, 0.717) is 15.8 Å². The number of nitrogens with zero attached hydrogens (tertiary/aromatic N) is 3. The van der Waals surface area contributed by atoms with Crippen LogP contribution in [-0.4, -0.2) is 15.0 Å². The average molecular weight is 251 g/mol. The molecule has 0 unspecified atom stereocenters. The van der Waals surface area contributed by atoms with E-state index in [-0.39, 0.29) is 0 Å². The Kier molecular flexibility index (Phi) is 2.37. The summed E-state index contributed by atoms with van der Waals surface area (Å²) in [6.07, 6.45) is 4.90. The van der Waals surface area contributed by atoms with Crippen LogP contribution in [0.5, 0.6) is 0 Å². The number of halogens is 2. The molecule has 1 aliphatic rings. The zero-order valence-corrected chi connectivity index (χ0v) is 8.85. The molecule has 1 heterocycles. The van der Waals surface area contributed by atoms with Crippen LogP contribution in [-0.2, 0) is 0 Å². The third kappa shape index (κ3) is 1.38. The number of aromatic nitrogens is 3. The molecule has 66 valence electrons. The summed E-state index contributed by atoms with van der Waals surface area (Å²) in [6.45, 7) is 0. The lowest BCUT2D eigenvalue weighted by atomic mass is 10.3. The van der Waals surface area contributed by atoms with Crippen LogP contribution >= 0.6 is 27.5 Å². The van der Waals surface area contributed by atoms with Gasteiger partial charge in [0, 0.05) is 0 Å². The molecular weight excluding hydrogens is 241 g/mol. The summed E-state index contributed by atoms with van der Waals surface area (Å²) in [4.78, 5) is 0. The number of hydrogen-bond donors (Lipinski definition) is 0. The second kappa shape index (κ2) is 3.34. The van der Waals surface area contributed by atoms with Crippen LogP contribution in [0.4, 0.5) is 0 Å². The van der Waals surface area contributed by atoms with Gasteiger partial charge in [-0.1, -0.05) is 29.7 Å². The normalized spacial score (nSPS) is 18.8. The van der Waals surface area contributed by atoms with Crippen molar-refractivity contribution in [1.29, 1.82) is 0 Å². The van der Waals surface area contributed by atoms with Gasteiger partial charge >= 0.3 is 0 Å². The molecule has 0 spiro atoms. The number of hydrogen-bond acceptors (Lipinski definition) is 2. The fraction of sp³-hybridized carbons (Fsp3) is 0.714. The fourth-order valence-corrected chi connectivity index (χ4v) is 2.11. The molecule has 0 aliphatic heterocycles. The first-order chi connectivity index (χ1) is 5.79. The minimum atomic E-state index is 0.469. The molecule has 2 rings (SSSR count). The molecule has 1 aliphatic carbocycles. The van der Waals surface area contributed by atoms with Gasteiger partial charge in [0.15, 0.2) is 9.76 Å². The van der Waals surface area contributed by atoms with E-state index in [1.807, 2.05) is 4.68 Å². The van der Waals surface area contributed by atoms with Gasteiger partial charge in [0.2, 0.25) is 0 Å². The van der Waals surface area contributed by atoms with E-state index in [2.05, 4.69) is 26.2 Å². The van der Waals surface area contributed by atoms with Gasteiger partial charge in [0.05, 0.1) is 6.04 Å². The molecule has 0 atom stereocenters. The second-order valence-corrected chi connectivity index (χ2v) is 4.16. The maximum Gasteiger partial charge on any atom is 0.167 e. The molecule has 5 heteroatoms. The van der Waals surface area contributed by atoms with E-state index in [1.165, 1.54) is 25.7 Å². The summed E-state index contributed by atoms with van der Waals surface area (Å²) in [7, 11) is 0. The Balaban J connectivity index is 2.26. The van der Waals surface area contributed by atoms with Crippen molar-refractivity contribution < 1.29 is 0 Å². The lowest BCUT2D eigenvalue weighted by molar-refractivity contribution is 0.454. The molecule has 0 bridgehead atoms. The Bertz CT molecular complexity index is 280. The van der Waals surface area contributed by atoms with E-state index in [1.54, 1.807) is 0 Å². The smallest absolute Gasteiger partial charge is 0.167 e. The van der Waals surface area contributed by atoms with Crippen LogP contribution in [0, 0.1) is 0 Å². The molecule has 1 aromatic heterocycles. The third-order valence-corrected chi connectivity index (χ3v) is 3.39. The molecule has 1 fully saturated rings. The Morgan fingerprint density at radius 2 is 2.08 bits per heavy atom. The quantitative estimate of drug-likeness (QED) is 0.767. The first-order valence-corrected chi connectivity index (χ1v) is 5.22. The number of rotatable bonds is 1. The predicted molar refractivity (Wildman–Crippen MR) is 50.2 cm³/mol. The van der Waals surface area contributed by atoms with Gasteiger partial charge in [-0.3, -0.25) is 0 Å². The van der Waals surface area contributed by atoms with Gasteiger partial charge in [0.1, 0.15) is 0 Å². The highest BCUT2D eigenvalue weighted by atomic mass is 79.9. The molecule has 1 saturated carbocycles. The Hall–Kier alpha value is -0.0900. The second-order valence-electron chi connectivity index (χ2n) is 3.05. The van der Waals surface area contributed by atoms with Gasteiger partial charge in [-0.05, 0) is 28.8 Å². The molecule has 0 amide bonds. The molecule has 12 heavy (non-hydrogen) atoms. The van der Waals surface area contributed by atoms with Gasteiger partial charge in [-0.25, -0.2) is 4.68 Å². The summed E-state index contributed by atoms with van der Waals surface area (Å²) in [5, 5.41) is 8.47. The van der Waals surface area contributed by atoms with E-state index in [9.17, 15) is 0 Å². The molecule has 3 nitrogen and oxygen atoms in total. The Morgan fingerprint density at radius 1 is 1.42 bits per heavy atom. The monoisotopic (exact) mass is 249 g/mol. The maximum atomic E-state index is 5.98. The zero-order valence-electron chi connectivity index (χ0n) is 6.50. The Morgan fingerprint density at radius 3 is 2.58 bits per heavy atom. The molecule has 0 radical (unpaired) electrons. The van der Waals surface area contributed by atoms with E-state index < -0.39 is 0 Å². The van der Waals surface area contributed by atoms with E-state index in [4.69, 9.17) is 11.6 Å². The molecule has 0 saturated heterocycles. The molecule has 1 aromatic rings. The zero-order chi connectivity index (χ0) is 8.55. The van der Waals surface area contributed by atoms with Crippen molar-refractivity contribution >= 4 is 27.5 Å². The van der Waals surface area contributed by atoms with Gasteiger partial charge in [0.25, 0.3) is 0 Å². The van der Waals surface area contributed by atoms with Crippen LogP contribution in [0.15, 0.2) is 4.60 Å². The minimum absolute atomic E-state index is 0.469. The lowest BCUT2D eigenvalue weighted by Gasteiger charge is -2.08. The van der Waals surface area contributed by atoms with Crippen LogP contribution in [0.1, 0.15) is 31.7 Å². The van der Waals surface area contributed by atoms with Crippen molar-refractivity contribution in [2.75, 3.05) is 0 Å². The SMILES string of the molecule is Clc1c(Br)nnn1C1CCCC1. The van der Waals surface area contributed by atoms with Crippen molar-refractivity contribution in [3.63, 3.8) is 0 Å². The predicted octanol–water partition coefficient (Wildman–Crippen LogP) is 2.81. The van der Waals surface area contributed by atoms with Crippen molar-refractivity contribution in [2.45, 2.75) is 31.7 Å². The van der Waals surface area contributed by atoms with Gasteiger partial charge < -0.3 is 0 Å². The average Bonchev–Trinajstić information content (AvgIpc) is 2.64. The minimum Gasteiger partial charge on any atom is -0.230 e. The van der Waals surface area contributed by atoms with Crippen molar-refractivity contribution in [3.8, 4) is 0 Å². The molecule has 0 aromatic carbocycles.